The van der Waals surface area contributed by atoms with Crippen molar-refractivity contribution < 1.29 is 9.90 Å². The molecule has 94 valence electrons. The molecule has 0 aliphatic heterocycles. The van der Waals surface area contributed by atoms with E-state index in [-0.39, 0.29) is 0 Å². The predicted molar refractivity (Wildman–Crippen MR) is 76.7 cm³/mol. The van der Waals surface area contributed by atoms with Crippen LogP contribution in [0.15, 0.2) is 28.7 Å². The van der Waals surface area contributed by atoms with Crippen LogP contribution in [0.25, 0.3) is 0 Å². The molecule has 0 radical (unpaired) electrons. The first-order chi connectivity index (χ1) is 8.09. The molecule has 1 atom stereocenters. The van der Waals surface area contributed by atoms with Gasteiger partial charge in [0.25, 0.3) is 0 Å². The van der Waals surface area contributed by atoms with E-state index in [0.29, 0.717) is 6.42 Å². The van der Waals surface area contributed by atoms with E-state index in [9.17, 15) is 4.79 Å². The van der Waals surface area contributed by atoms with Crippen LogP contribution in [0.3, 0.4) is 0 Å². The van der Waals surface area contributed by atoms with Gasteiger partial charge in [-0.25, -0.2) is 0 Å². The number of rotatable bonds is 7. The maximum atomic E-state index is 10.5. The average molecular weight is 317 g/mol. The minimum absolute atomic E-state index is 0.511. The lowest BCUT2D eigenvalue weighted by atomic mass is 10.1. The smallest absolute Gasteiger partial charge is 0.316 e. The van der Waals surface area contributed by atoms with Crippen molar-refractivity contribution in [2.24, 2.45) is 0 Å². The standard InChI is InChI=1S/C13H17BrO2S/c14-11-8-6-10(7-9-11)4-2-1-3-5-12(17)13(15)16/h6-9,12,17H,1-5H2,(H,15,16). The number of aliphatic carboxylic acids is 1. The van der Waals surface area contributed by atoms with Gasteiger partial charge in [-0.2, -0.15) is 12.6 Å². The predicted octanol–water partition coefficient (Wildman–Crippen LogP) is 3.94. The molecule has 1 aromatic rings. The Balaban J connectivity index is 2.12. The first-order valence-electron chi connectivity index (χ1n) is 5.75. The van der Waals surface area contributed by atoms with Crippen molar-refractivity contribution in [3.8, 4) is 0 Å². The van der Waals surface area contributed by atoms with E-state index >= 15 is 0 Å². The molecule has 0 spiro atoms. The van der Waals surface area contributed by atoms with Crippen molar-refractivity contribution in [2.75, 3.05) is 0 Å². The summed E-state index contributed by atoms with van der Waals surface area (Å²) < 4.78 is 1.10. The van der Waals surface area contributed by atoms with E-state index in [1.165, 1.54) is 5.56 Å². The average Bonchev–Trinajstić information content (AvgIpc) is 2.30. The van der Waals surface area contributed by atoms with Crippen molar-refractivity contribution in [2.45, 2.75) is 37.4 Å². The highest BCUT2D eigenvalue weighted by molar-refractivity contribution is 9.10. The quantitative estimate of drug-likeness (QED) is 0.590. The number of carboxylic acids is 1. The van der Waals surface area contributed by atoms with Gasteiger partial charge in [0, 0.05) is 4.47 Å². The summed E-state index contributed by atoms with van der Waals surface area (Å²) in [4.78, 5) is 10.5. The highest BCUT2D eigenvalue weighted by Crippen LogP contribution is 2.14. The van der Waals surface area contributed by atoms with Crippen LogP contribution in [0.2, 0.25) is 0 Å². The van der Waals surface area contributed by atoms with E-state index in [2.05, 4.69) is 40.7 Å². The van der Waals surface area contributed by atoms with Gasteiger partial charge in [-0.15, -0.1) is 0 Å². The highest BCUT2D eigenvalue weighted by Gasteiger charge is 2.10. The third kappa shape index (κ3) is 6.13. The van der Waals surface area contributed by atoms with Crippen molar-refractivity contribution in [3.05, 3.63) is 34.3 Å². The maximum absolute atomic E-state index is 10.5. The fraction of sp³-hybridized carbons (Fsp3) is 0.462. The molecule has 17 heavy (non-hydrogen) atoms. The second kappa shape index (κ2) is 7.77. The van der Waals surface area contributed by atoms with Crippen LogP contribution in [0.4, 0.5) is 0 Å². The van der Waals surface area contributed by atoms with Crippen LogP contribution in [-0.2, 0) is 11.2 Å². The van der Waals surface area contributed by atoms with Crippen molar-refractivity contribution in [1.29, 1.82) is 0 Å². The molecular formula is C13H17BrO2S. The number of benzene rings is 1. The molecule has 0 saturated heterocycles. The molecule has 4 heteroatoms. The topological polar surface area (TPSA) is 37.3 Å². The Bertz CT molecular complexity index is 351. The van der Waals surface area contributed by atoms with Crippen LogP contribution in [0.5, 0.6) is 0 Å². The number of thiol groups is 1. The number of hydrogen-bond acceptors (Lipinski definition) is 2. The molecule has 0 aliphatic carbocycles. The molecule has 0 heterocycles. The summed E-state index contributed by atoms with van der Waals surface area (Å²) >= 11 is 7.41. The van der Waals surface area contributed by atoms with Crippen LogP contribution in [-0.4, -0.2) is 16.3 Å². The van der Waals surface area contributed by atoms with Gasteiger partial charge in [-0.3, -0.25) is 4.79 Å². The van der Waals surface area contributed by atoms with Crippen molar-refractivity contribution >= 4 is 34.5 Å². The van der Waals surface area contributed by atoms with Gasteiger partial charge in [0.1, 0.15) is 0 Å². The van der Waals surface area contributed by atoms with Crippen LogP contribution in [0, 0.1) is 0 Å². The normalized spacial score (nSPS) is 12.4. The molecule has 1 unspecified atom stereocenters. The minimum atomic E-state index is -0.818. The number of carboxylic acid groups (broad SMARTS) is 1. The molecule has 0 amide bonds. The SMILES string of the molecule is O=C(O)C(S)CCCCCc1ccc(Br)cc1. The number of carbonyl (C=O) groups is 1. The van der Waals surface area contributed by atoms with Gasteiger partial charge in [0.2, 0.25) is 0 Å². The zero-order valence-electron chi connectivity index (χ0n) is 9.60. The fourth-order valence-electron chi connectivity index (χ4n) is 1.62. The Morgan fingerprint density at radius 3 is 2.47 bits per heavy atom. The van der Waals surface area contributed by atoms with Crippen LogP contribution >= 0.6 is 28.6 Å². The second-order valence-corrected chi connectivity index (χ2v) is 5.62. The Labute approximate surface area is 116 Å². The molecule has 1 aromatic carbocycles. The number of unbranched alkanes of at least 4 members (excludes halogenated alkanes) is 2. The third-order valence-corrected chi connectivity index (χ3v) is 3.65. The fourth-order valence-corrected chi connectivity index (χ4v) is 2.07. The lowest BCUT2D eigenvalue weighted by Gasteiger charge is -2.05. The van der Waals surface area contributed by atoms with Crippen molar-refractivity contribution in [3.63, 3.8) is 0 Å². The summed E-state index contributed by atoms with van der Waals surface area (Å²) in [5.41, 5.74) is 1.33. The maximum Gasteiger partial charge on any atom is 0.316 e. The summed E-state index contributed by atoms with van der Waals surface area (Å²) in [5.74, 6) is -0.818. The minimum Gasteiger partial charge on any atom is -0.480 e. The van der Waals surface area contributed by atoms with E-state index < -0.39 is 11.2 Å². The zero-order valence-corrected chi connectivity index (χ0v) is 12.1. The van der Waals surface area contributed by atoms with E-state index in [1.54, 1.807) is 0 Å². The number of aryl methyl sites for hydroxylation is 1. The molecule has 1 N–H and O–H groups in total. The largest absolute Gasteiger partial charge is 0.480 e. The monoisotopic (exact) mass is 316 g/mol. The first kappa shape index (κ1) is 14.6. The van der Waals surface area contributed by atoms with Gasteiger partial charge >= 0.3 is 5.97 Å². The first-order valence-corrected chi connectivity index (χ1v) is 7.06. The summed E-state index contributed by atoms with van der Waals surface area (Å²) in [5, 5.41) is 8.15. The lowest BCUT2D eigenvalue weighted by molar-refractivity contribution is -0.136. The summed E-state index contributed by atoms with van der Waals surface area (Å²) in [7, 11) is 0. The van der Waals surface area contributed by atoms with Crippen molar-refractivity contribution in [1.82, 2.24) is 0 Å². The second-order valence-electron chi connectivity index (χ2n) is 4.08. The molecule has 0 saturated carbocycles. The molecule has 2 nitrogen and oxygen atoms in total. The molecule has 0 fully saturated rings. The summed E-state index contributed by atoms with van der Waals surface area (Å²) in [6.07, 6.45) is 4.79. The van der Waals surface area contributed by atoms with E-state index in [0.717, 1.165) is 30.2 Å². The molecular weight excluding hydrogens is 300 g/mol. The third-order valence-electron chi connectivity index (χ3n) is 2.64. The van der Waals surface area contributed by atoms with E-state index in [1.807, 2.05) is 12.1 Å². The zero-order chi connectivity index (χ0) is 12.7. The Morgan fingerprint density at radius 2 is 1.88 bits per heavy atom. The summed E-state index contributed by atoms with van der Waals surface area (Å²) in [6, 6.07) is 8.32. The number of hydrogen-bond donors (Lipinski definition) is 2. The Kier molecular flexibility index (Phi) is 6.66. The summed E-state index contributed by atoms with van der Waals surface area (Å²) in [6.45, 7) is 0. The Morgan fingerprint density at radius 1 is 1.24 bits per heavy atom. The van der Waals surface area contributed by atoms with Gasteiger partial charge in [0.15, 0.2) is 0 Å². The molecule has 0 aromatic heterocycles. The lowest BCUT2D eigenvalue weighted by Crippen LogP contribution is -2.12. The van der Waals surface area contributed by atoms with Gasteiger partial charge in [-0.05, 0) is 37.0 Å². The van der Waals surface area contributed by atoms with Gasteiger partial charge in [-0.1, -0.05) is 40.9 Å². The van der Waals surface area contributed by atoms with Gasteiger partial charge in [0.05, 0.1) is 5.25 Å². The van der Waals surface area contributed by atoms with Gasteiger partial charge < -0.3 is 5.11 Å². The van der Waals surface area contributed by atoms with Crippen LogP contribution < -0.4 is 0 Å². The molecule has 0 aliphatic rings. The van der Waals surface area contributed by atoms with Crippen LogP contribution in [0.1, 0.15) is 31.2 Å². The highest BCUT2D eigenvalue weighted by atomic mass is 79.9. The molecule has 1 rings (SSSR count). The number of halogens is 1. The van der Waals surface area contributed by atoms with E-state index in [4.69, 9.17) is 5.11 Å². The molecule has 0 bridgehead atoms. The Hall–Kier alpha value is -0.480.